The maximum atomic E-state index is 13.6. The molecule has 3 aromatic carbocycles. The van der Waals surface area contributed by atoms with E-state index in [1.165, 1.54) is 15.4 Å². The summed E-state index contributed by atoms with van der Waals surface area (Å²) in [5.74, 6) is 1.45. The van der Waals surface area contributed by atoms with Gasteiger partial charge in [0, 0.05) is 80.5 Å². The monoisotopic (exact) mass is 970 g/mol. The molecule has 18 heteroatoms. The van der Waals surface area contributed by atoms with Crippen LogP contribution in [-0.4, -0.2) is 134 Å². The molecule has 1 N–H and O–H groups in total. The van der Waals surface area contributed by atoms with Crippen LogP contribution in [0.5, 0.6) is 5.75 Å². The lowest BCUT2D eigenvalue weighted by atomic mass is 9.95. The Hall–Kier alpha value is -7.62. The zero-order valence-corrected chi connectivity index (χ0v) is 40.5. The van der Waals surface area contributed by atoms with Crippen molar-refractivity contribution in [2.24, 2.45) is 11.8 Å². The molecule has 0 aliphatic carbocycles. The van der Waals surface area contributed by atoms with Crippen LogP contribution in [0.3, 0.4) is 0 Å². The maximum absolute atomic E-state index is 13.6. The highest BCUT2D eigenvalue weighted by Crippen LogP contribution is 2.27. The van der Waals surface area contributed by atoms with Crippen molar-refractivity contribution in [2.75, 3.05) is 77.0 Å². The minimum absolute atomic E-state index is 0.174. The first-order chi connectivity index (χ1) is 35.0. The molecule has 4 fully saturated rings. The summed E-state index contributed by atoms with van der Waals surface area (Å²) in [6, 6.07) is 25.3. The van der Waals surface area contributed by atoms with Crippen molar-refractivity contribution < 1.29 is 19.1 Å². The number of ether oxygens (including phenoxy) is 1. The lowest BCUT2D eigenvalue weighted by Crippen LogP contribution is -2.50. The molecule has 1 unspecified atom stereocenters. The van der Waals surface area contributed by atoms with Gasteiger partial charge in [0.05, 0.1) is 60.5 Å². The van der Waals surface area contributed by atoms with E-state index < -0.39 is 11.9 Å². The summed E-state index contributed by atoms with van der Waals surface area (Å²) < 4.78 is 8.81. The summed E-state index contributed by atoms with van der Waals surface area (Å²) in [5.41, 5.74) is 4.65. The van der Waals surface area contributed by atoms with Gasteiger partial charge in [-0.3, -0.25) is 39.1 Å². The SMILES string of the molecule is Cc1nn(C2CCC(=O)NC2=O)c(=O)c2cc(N3CCN(CC4CCN(C(=O)CN5CCC(COc6cnc(-c7cccc(Cn8nc(-c9cccc(C#N)c9)ccc8=O)c7)nc6)CC5)CC4)CC3)ccc12. The van der Waals surface area contributed by atoms with Crippen molar-refractivity contribution >= 4 is 34.2 Å². The highest BCUT2D eigenvalue weighted by molar-refractivity contribution is 5.99. The Morgan fingerprint density at radius 3 is 2.28 bits per heavy atom. The highest BCUT2D eigenvalue weighted by atomic mass is 16.5. The van der Waals surface area contributed by atoms with Gasteiger partial charge in [0.1, 0.15) is 6.04 Å². The average molecular weight is 971 g/mol. The molecule has 72 heavy (non-hydrogen) atoms. The first kappa shape index (κ1) is 48.0. The van der Waals surface area contributed by atoms with Gasteiger partial charge in [-0.1, -0.05) is 36.4 Å². The van der Waals surface area contributed by atoms with E-state index in [1.807, 2.05) is 60.4 Å². The third kappa shape index (κ3) is 11.0. The van der Waals surface area contributed by atoms with Crippen molar-refractivity contribution in [3.8, 4) is 34.5 Å². The number of hydrogen-bond donors (Lipinski definition) is 1. The maximum Gasteiger partial charge on any atom is 0.275 e. The number of nitrogens with zero attached hydrogens (tertiary/aromatic N) is 11. The second-order valence-electron chi connectivity index (χ2n) is 19.5. The second-order valence-corrected chi connectivity index (χ2v) is 19.5. The van der Waals surface area contributed by atoms with E-state index in [9.17, 15) is 29.2 Å². The molecular formula is C54H58N12O6. The number of aromatic nitrogens is 6. The summed E-state index contributed by atoms with van der Waals surface area (Å²) in [4.78, 5) is 82.5. The number of aryl methyl sites for hydroxylation is 1. The zero-order valence-electron chi connectivity index (χ0n) is 40.5. The Morgan fingerprint density at radius 2 is 1.51 bits per heavy atom. The van der Waals surface area contributed by atoms with E-state index >= 15 is 0 Å². The van der Waals surface area contributed by atoms with Crippen LogP contribution in [0.1, 0.15) is 61.4 Å². The van der Waals surface area contributed by atoms with Crippen LogP contribution in [0.2, 0.25) is 0 Å². The highest BCUT2D eigenvalue weighted by Gasteiger charge is 2.32. The molecule has 0 bridgehead atoms. The normalized spacial score (nSPS) is 18.5. The van der Waals surface area contributed by atoms with Gasteiger partial charge >= 0.3 is 0 Å². The van der Waals surface area contributed by atoms with Crippen molar-refractivity contribution in [1.29, 1.82) is 5.26 Å². The van der Waals surface area contributed by atoms with E-state index in [0.717, 1.165) is 112 Å². The van der Waals surface area contributed by atoms with Crippen LogP contribution >= 0.6 is 0 Å². The fourth-order valence-electron chi connectivity index (χ4n) is 10.5. The Labute approximate surface area is 416 Å². The number of amides is 3. The summed E-state index contributed by atoms with van der Waals surface area (Å²) in [7, 11) is 0. The fourth-order valence-corrected chi connectivity index (χ4v) is 10.5. The standard InChI is InChI=1S/C54H58N12O6/c1-36-45-9-8-43(28-46(45)54(71)66(59-36)48-11-12-49(67)58-53(48)70)63-24-22-62(23-25-63)32-37-16-20-64(21-17-37)51(69)34-61-18-14-38(15-19-61)35-72-44-30-56-52(57-31-44)42-7-3-5-40(27-42)33-65-50(68)13-10-47(60-65)41-6-2-4-39(26-41)29-55/h2-10,13,26-28,30-31,37-38,48H,11-12,14-25,32-35H2,1H3,(H,58,67,70). The van der Waals surface area contributed by atoms with Crippen molar-refractivity contribution in [2.45, 2.75) is 58.0 Å². The molecule has 0 saturated carbocycles. The lowest BCUT2D eigenvalue weighted by Gasteiger charge is -2.40. The number of carbonyl (C=O) groups excluding carboxylic acids is 3. The fraction of sp³-hybridized carbons (Fsp3) is 0.407. The number of piperazine rings is 1. The Bertz CT molecular complexity index is 3140. The van der Waals surface area contributed by atoms with Crippen LogP contribution in [0.25, 0.3) is 33.4 Å². The number of anilines is 1. The topological polar surface area (TPSA) is 205 Å². The van der Waals surface area contributed by atoms with Crippen molar-refractivity contribution in [1.82, 2.24) is 49.5 Å². The third-order valence-electron chi connectivity index (χ3n) is 14.7. The first-order valence-corrected chi connectivity index (χ1v) is 25.0. The molecule has 18 nitrogen and oxygen atoms in total. The zero-order chi connectivity index (χ0) is 49.7. The summed E-state index contributed by atoms with van der Waals surface area (Å²) >= 11 is 0. The average Bonchev–Trinajstić information content (AvgIpc) is 3.41. The number of piperidine rings is 3. The number of benzene rings is 3. The number of fused-ring (bicyclic) bond motifs is 1. The summed E-state index contributed by atoms with van der Waals surface area (Å²) in [6.45, 7) is 10.9. The molecule has 0 spiro atoms. The lowest BCUT2D eigenvalue weighted by molar-refractivity contribution is -0.136. The van der Waals surface area contributed by atoms with E-state index in [0.29, 0.717) is 58.9 Å². The van der Waals surface area contributed by atoms with Crippen LogP contribution in [0, 0.1) is 30.1 Å². The van der Waals surface area contributed by atoms with Crippen molar-refractivity contribution in [3.05, 3.63) is 129 Å². The van der Waals surface area contributed by atoms with Crippen LogP contribution in [0.15, 0.2) is 101 Å². The minimum Gasteiger partial charge on any atom is -0.490 e. The van der Waals surface area contributed by atoms with Gasteiger partial charge < -0.3 is 14.5 Å². The molecule has 370 valence electrons. The van der Waals surface area contributed by atoms with E-state index in [1.54, 1.807) is 36.7 Å². The van der Waals surface area contributed by atoms with E-state index in [-0.39, 0.29) is 42.3 Å². The van der Waals surface area contributed by atoms with Gasteiger partial charge in [0.2, 0.25) is 11.8 Å². The van der Waals surface area contributed by atoms with Crippen LogP contribution in [-0.2, 0) is 20.9 Å². The van der Waals surface area contributed by atoms with Gasteiger partial charge in [0.15, 0.2) is 11.6 Å². The number of likely N-dealkylation sites (tertiary alicyclic amines) is 2. The molecular weight excluding hydrogens is 913 g/mol. The predicted molar refractivity (Wildman–Crippen MR) is 270 cm³/mol. The van der Waals surface area contributed by atoms with Gasteiger partial charge in [-0.25, -0.2) is 19.3 Å². The van der Waals surface area contributed by atoms with Gasteiger partial charge in [-0.2, -0.15) is 15.5 Å². The molecule has 4 aliphatic heterocycles. The number of nitriles is 1. The minimum atomic E-state index is -0.804. The largest absolute Gasteiger partial charge is 0.490 e. The molecule has 4 saturated heterocycles. The summed E-state index contributed by atoms with van der Waals surface area (Å²) in [6.07, 6.45) is 7.70. The second kappa shape index (κ2) is 21.4. The predicted octanol–water partition coefficient (Wildman–Crippen LogP) is 4.43. The van der Waals surface area contributed by atoms with Gasteiger partial charge in [-0.15, -0.1) is 0 Å². The van der Waals surface area contributed by atoms with E-state index in [4.69, 9.17) is 4.74 Å². The van der Waals surface area contributed by atoms with Crippen LogP contribution < -0.4 is 26.1 Å². The number of nitrogens with one attached hydrogen (secondary N) is 1. The summed E-state index contributed by atoms with van der Waals surface area (Å²) in [5, 5.41) is 22.0. The van der Waals surface area contributed by atoms with Gasteiger partial charge in [0.25, 0.3) is 17.0 Å². The molecule has 10 rings (SSSR count). The van der Waals surface area contributed by atoms with Crippen molar-refractivity contribution in [3.63, 3.8) is 0 Å². The number of hydrogen-bond acceptors (Lipinski definition) is 14. The Kier molecular flexibility index (Phi) is 14.3. The molecule has 7 heterocycles. The first-order valence-electron chi connectivity index (χ1n) is 25.0. The van der Waals surface area contributed by atoms with Crippen LogP contribution in [0.4, 0.5) is 5.69 Å². The molecule has 0 radical (unpaired) electrons. The Balaban J connectivity index is 0.632. The molecule has 3 amide bonds. The smallest absolute Gasteiger partial charge is 0.275 e. The molecule has 4 aliphatic rings. The molecule has 1 atom stereocenters. The van der Waals surface area contributed by atoms with Gasteiger partial charge in [-0.05, 0) is 106 Å². The molecule has 6 aromatic rings. The number of imide groups is 1. The Morgan fingerprint density at radius 1 is 0.764 bits per heavy atom. The van der Waals surface area contributed by atoms with E-state index in [2.05, 4.69) is 46.3 Å². The third-order valence-corrected chi connectivity index (χ3v) is 14.7. The number of carbonyl (C=O) groups is 3. The quantitative estimate of drug-likeness (QED) is 0.159. The number of rotatable bonds is 13. The molecule has 3 aromatic heterocycles.